The summed E-state index contributed by atoms with van der Waals surface area (Å²) in [5.41, 5.74) is 4.83. The number of pyridine rings is 1. The van der Waals surface area contributed by atoms with E-state index in [9.17, 15) is 8.42 Å². The van der Waals surface area contributed by atoms with Crippen LogP contribution in [0.15, 0.2) is 65.8 Å². The molecule has 4 rings (SSSR count). The molecule has 0 unspecified atom stereocenters. The van der Waals surface area contributed by atoms with Gasteiger partial charge in [0.15, 0.2) is 9.84 Å². The van der Waals surface area contributed by atoms with Crippen LogP contribution >= 0.6 is 0 Å². The van der Waals surface area contributed by atoms with Crippen LogP contribution in [-0.4, -0.2) is 66.9 Å². The fourth-order valence-electron chi connectivity index (χ4n) is 4.57. The zero-order valence-corrected chi connectivity index (χ0v) is 28.2. The van der Waals surface area contributed by atoms with Crippen LogP contribution in [0.5, 0.6) is 11.6 Å². The Hall–Kier alpha value is -4.22. The molecule has 0 saturated heterocycles. The van der Waals surface area contributed by atoms with Crippen molar-refractivity contribution in [3.8, 4) is 22.8 Å². The quantitative estimate of drug-likeness (QED) is 0.142. The minimum atomic E-state index is -3.52. The minimum absolute atomic E-state index is 0.0584. The number of rotatable bonds is 14. The van der Waals surface area contributed by atoms with Gasteiger partial charge in [-0.15, -0.1) is 0 Å². The van der Waals surface area contributed by atoms with Gasteiger partial charge in [0.2, 0.25) is 11.8 Å². The third-order valence-corrected chi connectivity index (χ3v) is 9.23. The standard InChI is InChI=1S/C34H44N6O4S/c1-22(2)44-30-18-24(5)27(26-14-15-32(35-21-26)43-17-11-16-40(7)8)19-29(30)38-34-36-20-25(6)33(39-34)37-28-12-9-10-13-31(28)45(41,42)23(3)4/h9-10,12-15,18-23H,11,16-17H2,1-8H3,(H2,36,37,38,39). The Balaban J connectivity index is 1.63. The molecule has 0 saturated carbocycles. The highest BCUT2D eigenvalue weighted by atomic mass is 32.2. The number of sulfone groups is 1. The van der Waals surface area contributed by atoms with E-state index in [1.807, 2.05) is 72.3 Å². The number of hydrogen-bond donors (Lipinski definition) is 2. The first-order valence-corrected chi connectivity index (χ1v) is 16.7. The second-order valence-electron chi connectivity index (χ2n) is 11.8. The molecule has 0 fully saturated rings. The highest BCUT2D eigenvalue weighted by Crippen LogP contribution is 2.36. The van der Waals surface area contributed by atoms with E-state index in [0.29, 0.717) is 41.4 Å². The van der Waals surface area contributed by atoms with Crippen molar-refractivity contribution >= 4 is 33.0 Å². The SMILES string of the molecule is Cc1cc(OC(C)C)c(Nc2ncc(C)c(Nc3ccccc3S(=O)(=O)C(C)C)n2)cc1-c1ccc(OCCCN(C)C)nc1. The summed E-state index contributed by atoms with van der Waals surface area (Å²) in [5, 5.41) is 5.99. The molecule has 0 aliphatic rings. The molecule has 11 heteroatoms. The van der Waals surface area contributed by atoms with Gasteiger partial charge in [-0.1, -0.05) is 12.1 Å². The molecule has 2 aromatic heterocycles. The van der Waals surface area contributed by atoms with Crippen LogP contribution in [0.3, 0.4) is 0 Å². The maximum absolute atomic E-state index is 13.0. The van der Waals surface area contributed by atoms with Gasteiger partial charge in [-0.3, -0.25) is 0 Å². The molecule has 10 nitrogen and oxygen atoms in total. The van der Waals surface area contributed by atoms with Gasteiger partial charge < -0.3 is 25.0 Å². The summed E-state index contributed by atoms with van der Waals surface area (Å²) in [7, 11) is 0.566. The number of anilines is 4. The molecule has 0 bridgehead atoms. The number of aromatic nitrogens is 3. The summed E-state index contributed by atoms with van der Waals surface area (Å²) in [6, 6.07) is 14.7. The van der Waals surface area contributed by atoms with Gasteiger partial charge in [0.1, 0.15) is 11.6 Å². The number of para-hydroxylation sites is 1. The molecule has 0 aliphatic heterocycles. The number of aryl methyl sites for hydroxylation is 2. The maximum atomic E-state index is 13.0. The highest BCUT2D eigenvalue weighted by Gasteiger charge is 2.23. The number of nitrogens with one attached hydrogen (secondary N) is 2. The third-order valence-electron chi connectivity index (χ3n) is 7.02. The van der Waals surface area contributed by atoms with Gasteiger partial charge in [-0.2, -0.15) is 4.98 Å². The van der Waals surface area contributed by atoms with Crippen LogP contribution in [0, 0.1) is 13.8 Å². The lowest BCUT2D eigenvalue weighted by Gasteiger charge is -2.19. The number of benzene rings is 2. The first-order chi connectivity index (χ1) is 21.3. The molecule has 2 heterocycles. The molecule has 2 aromatic carbocycles. The molecule has 45 heavy (non-hydrogen) atoms. The van der Waals surface area contributed by atoms with Gasteiger partial charge in [0.05, 0.1) is 34.2 Å². The molecule has 0 spiro atoms. The van der Waals surface area contributed by atoms with Crippen LogP contribution in [0.4, 0.5) is 23.1 Å². The number of nitrogens with zero attached hydrogens (tertiary/aromatic N) is 4. The van der Waals surface area contributed by atoms with Crippen LogP contribution < -0.4 is 20.1 Å². The zero-order valence-electron chi connectivity index (χ0n) is 27.4. The topological polar surface area (TPSA) is 119 Å². The molecule has 0 amide bonds. The van der Waals surface area contributed by atoms with Crippen LogP contribution in [0.25, 0.3) is 11.1 Å². The molecular formula is C34H44N6O4S. The monoisotopic (exact) mass is 632 g/mol. The van der Waals surface area contributed by atoms with Gasteiger partial charge in [-0.25, -0.2) is 18.4 Å². The zero-order chi connectivity index (χ0) is 32.7. The van der Waals surface area contributed by atoms with Gasteiger partial charge in [0.25, 0.3) is 0 Å². The lowest BCUT2D eigenvalue weighted by molar-refractivity contribution is 0.243. The molecule has 0 atom stereocenters. The van der Waals surface area contributed by atoms with E-state index < -0.39 is 15.1 Å². The summed E-state index contributed by atoms with van der Waals surface area (Å²) in [4.78, 5) is 16.1. The summed E-state index contributed by atoms with van der Waals surface area (Å²) in [6.07, 6.45) is 4.36. The average molecular weight is 633 g/mol. The number of hydrogen-bond acceptors (Lipinski definition) is 10. The minimum Gasteiger partial charge on any atom is -0.489 e. The molecule has 240 valence electrons. The lowest BCUT2D eigenvalue weighted by Crippen LogP contribution is -2.16. The van der Waals surface area contributed by atoms with E-state index >= 15 is 0 Å². The molecule has 2 N–H and O–H groups in total. The average Bonchev–Trinajstić information content (AvgIpc) is 2.98. The normalized spacial score (nSPS) is 11.7. The van der Waals surface area contributed by atoms with Crippen molar-refractivity contribution in [3.05, 3.63) is 72.1 Å². The van der Waals surface area contributed by atoms with Crippen molar-refractivity contribution in [2.24, 2.45) is 0 Å². The van der Waals surface area contributed by atoms with Crippen molar-refractivity contribution in [3.63, 3.8) is 0 Å². The van der Waals surface area contributed by atoms with Gasteiger partial charge in [0, 0.05) is 36.1 Å². The van der Waals surface area contributed by atoms with E-state index in [-0.39, 0.29) is 11.0 Å². The van der Waals surface area contributed by atoms with Crippen molar-refractivity contribution in [2.75, 3.05) is 37.9 Å². The van der Waals surface area contributed by atoms with E-state index in [2.05, 4.69) is 25.5 Å². The second-order valence-corrected chi connectivity index (χ2v) is 14.3. The molecule has 4 aromatic rings. The van der Waals surface area contributed by atoms with Gasteiger partial charge >= 0.3 is 0 Å². The third kappa shape index (κ3) is 8.70. The Morgan fingerprint density at radius 2 is 1.64 bits per heavy atom. The van der Waals surface area contributed by atoms with E-state index in [1.54, 1.807) is 44.3 Å². The smallest absolute Gasteiger partial charge is 0.229 e. The van der Waals surface area contributed by atoms with Crippen molar-refractivity contribution in [1.29, 1.82) is 0 Å². The van der Waals surface area contributed by atoms with Gasteiger partial charge in [-0.05, 0) is 104 Å². The molecule has 0 aliphatic carbocycles. The highest BCUT2D eigenvalue weighted by molar-refractivity contribution is 7.92. The largest absolute Gasteiger partial charge is 0.489 e. The molecular weight excluding hydrogens is 588 g/mol. The fourth-order valence-corrected chi connectivity index (χ4v) is 5.77. The van der Waals surface area contributed by atoms with Crippen molar-refractivity contribution in [1.82, 2.24) is 19.9 Å². The lowest BCUT2D eigenvalue weighted by atomic mass is 10.0. The Kier molecular flexibility index (Phi) is 11.0. The molecule has 0 radical (unpaired) electrons. The summed E-state index contributed by atoms with van der Waals surface area (Å²) < 4.78 is 38.0. The summed E-state index contributed by atoms with van der Waals surface area (Å²) in [5.74, 6) is 2.06. The van der Waals surface area contributed by atoms with Crippen molar-refractivity contribution in [2.45, 2.75) is 64.2 Å². The summed E-state index contributed by atoms with van der Waals surface area (Å²) in [6.45, 7) is 12.7. The summed E-state index contributed by atoms with van der Waals surface area (Å²) >= 11 is 0. The first-order valence-electron chi connectivity index (χ1n) is 15.1. The van der Waals surface area contributed by atoms with Crippen LogP contribution in [0.1, 0.15) is 45.2 Å². The van der Waals surface area contributed by atoms with E-state index in [0.717, 1.165) is 35.2 Å². The first kappa shape index (κ1) is 33.7. The Bertz CT molecular complexity index is 1710. The van der Waals surface area contributed by atoms with Crippen LogP contribution in [-0.2, 0) is 9.84 Å². The Labute approximate surface area is 267 Å². The predicted molar refractivity (Wildman–Crippen MR) is 181 cm³/mol. The Morgan fingerprint density at radius 3 is 2.31 bits per heavy atom. The fraction of sp³-hybridized carbons (Fsp3) is 0.382. The van der Waals surface area contributed by atoms with E-state index in [1.165, 1.54) is 0 Å². The Morgan fingerprint density at radius 1 is 0.889 bits per heavy atom. The maximum Gasteiger partial charge on any atom is 0.229 e. The predicted octanol–water partition coefficient (Wildman–Crippen LogP) is 6.94. The second kappa shape index (κ2) is 14.7. The van der Waals surface area contributed by atoms with Crippen molar-refractivity contribution < 1.29 is 17.9 Å². The van der Waals surface area contributed by atoms with E-state index in [4.69, 9.17) is 14.5 Å². The van der Waals surface area contributed by atoms with Crippen LogP contribution in [0.2, 0.25) is 0 Å². The number of ether oxygens (including phenoxy) is 2.